The smallest absolute Gasteiger partial charge is 0.413 e. The highest BCUT2D eigenvalue weighted by Gasteiger charge is 2.20. The van der Waals surface area contributed by atoms with Gasteiger partial charge in [-0.3, -0.25) is 10.1 Å². The number of oxazole rings is 1. The molecule has 2 N–H and O–H groups in total. The molecule has 0 radical (unpaired) electrons. The lowest BCUT2D eigenvalue weighted by molar-refractivity contribution is 0.0635. The van der Waals surface area contributed by atoms with E-state index in [1.54, 1.807) is 32.9 Å². The van der Waals surface area contributed by atoms with Crippen LogP contribution >= 0.6 is 0 Å². The number of carbonyl (C=O) groups excluding carboxylic acids is 2. The number of rotatable bonds is 3. The molecule has 0 aliphatic heterocycles. The van der Waals surface area contributed by atoms with Gasteiger partial charge in [-0.15, -0.1) is 0 Å². The molecule has 0 saturated carbocycles. The number of hydrogen-bond donors (Lipinski definition) is 2. The van der Waals surface area contributed by atoms with Crippen LogP contribution in [-0.4, -0.2) is 33.1 Å². The van der Waals surface area contributed by atoms with E-state index in [0.29, 0.717) is 5.56 Å². The van der Waals surface area contributed by atoms with Gasteiger partial charge in [0.15, 0.2) is 5.69 Å². The zero-order valence-corrected chi connectivity index (χ0v) is 15.8. The summed E-state index contributed by atoms with van der Waals surface area (Å²) < 4.78 is 10.6. The molecule has 0 bridgehead atoms. The van der Waals surface area contributed by atoms with Gasteiger partial charge >= 0.3 is 6.09 Å². The van der Waals surface area contributed by atoms with E-state index in [0.717, 1.165) is 0 Å². The van der Waals surface area contributed by atoms with E-state index < -0.39 is 11.7 Å². The summed E-state index contributed by atoms with van der Waals surface area (Å²) in [6, 6.07) is 3.25. The van der Waals surface area contributed by atoms with Gasteiger partial charge in [0.1, 0.15) is 17.7 Å². The van der Waals surface area contributed by atoms with E-state index in [9.17, 15) is 9.59 Å². The lowest BCUT2D eigenvalue weighted by atomic mass is 10.1. The van der Waals surface area contributed by atoms with Crippen molar-refractivity contribution in [1.82, 2.24) is 15.3 Å². The van der Waals surface area contributed by atoms with E-state index in [1.165, 1.54) is 12.5 Å². The lowest BCUT2D eigenvalue weighted by Crippen LogP contribution is -2.40. The van der Waals surface area contributed by atoms with Crippen molar-refractivity contribution in [2.24, 2.45) is 0 Å². The van der Waals surface area contributed by atoms with Gasteiger partial charge in [-0.1, -0.05) is 0 Å². The summed E-state index contributed by atoms with van der Waals surface area (Å²) in [4.78, 5) is 32.2. The van der Waals surface area contributed by atoms with Gasteiger partial charge in [0.25, 0.3) is 5.91 Å². The van der Waals surface area contributed by atoms with E-state index in [2.05, 4.69) is 20.6 Å². The number of nitrogens with zero attached hydrogens (tertiary/aromatic N) is 2. The Morgan fingerprint density at radius 3 is 2.46 bits per heavy atom. The number of carbonyl (C=O) groups is 2. The van der Waals surface area contributed by atoms with Gasteiger partial charge in [-0.25, -0.2) is 14.8 Å². The highest BCUT2D eigenvalue weighted by Crippen LogP contribution is 2.21. The quantitative estimate of drug-likeness (QED) is 0.866. The Kier molecular flexibility index (Phi) is 5.34. The highest BCUT2D eigenvalue weighted by molar-refractivity contribution is 5.93. The third-order valence-corrected chi connectivity index (χ3v) is 2.86. The molecule has 0 aromatic carbocycles. The molecular weight excluding hydrogens is 336 g/mol. The number of pyridine rings is 1. The third kappa shape index (κ3) is 5.87. The van der Waals surface area contributed by atoms with E-state index in [1.807, 2.05) is 20.8 Å². The maximum Gasteiger partial charge on any atom is 0.413 e. The average Bonchev–Trinajstić information content (AvgIpc) is 2.93. The van der Waals surface area contributed by atoms with Crippen LogP contribution in [0.15, 0.2) is 29.0 Å². The highest BCUT2D eigenvalue weighted by atomic mass is 16.6. The molecule has 0 saturated heterocycles. The fourth-order valence-electron chi connectivity index (χ4n) is 1.96. The van der Waals surface area contributed by atoms with Crippen molar-refractivity contribution in [3.8, 4) is 11.5 Å². The molecule has 0 unspecified atom stereocenters. The maximum atomic E-state index is 12.1. The number of amides is 2. The van der Waals surface area contributed by atoms with Crippen LogP contribution < -0.4 is 10.6 Å². The van der Waals surface area contributed by atoms with Crippen LogP contribution in [-0.2, 0) is 4.74 Å². The first-order chi connectivity index (χ1) is 11.9. The second-order valence-electron chi connectivity index (χ2n) is 7.80. The predicted octanol–water partition coefficient (Wildman–Crippen LogP) is 3.61. The summed E-state index contributed by atoms with van der Waals surface area (Å²) in [7, 11) is 0. The van der Waals surface area contributed by atoms with Gasteiger partial charge in [0.2, 0.25) is 5.89 Å². The van der Waals surface area contributed by atoms with Crippen molar-refractivity contribution < 1.29 is 18.7 Å². The molecular formula is C18H24N4O4. The normalized spacial score (nSPS) is 11.8. The summed E-state index contributed by atoms with van der Waals surface area (Å²) in [5, 5.41) is 5.36. The lowest BCUT2D eigenvalue weighted by Gasteiger charge is -2.19. The van der Waals surface area contributed by atoms with Gasteiger partial charge in [-0.05, 0) is 53.7 Å². The average molecular weight is 360 g/mol. The standard InChI is InChI=1S/C18H24N4O4/c1-17(2,3)22-14(23)12-10-25-15(20-12)11-7-8-19-13(9-11)21-16(24)26-18(4,5)6/h7-10H,1-6H3,(H,22,23)(H,19,21,24). The van der Waals surface area contributed by atoms with E-state index in [-0.39, 0.29) is 28.8 Å². The molecule has 8 nitrogen and oxygen atoms in total. The molecule has 8 heteroatoms. The molecule has 26 heavy (non-hydrogen) atoms. The Hall–Kier alpha value is -2.90. The molecule has 2 aromatic rings. The molecule has 2 amide bonds. The zero-order valence-electron chi connectivity index (χ0n) is 15.8. The fraction of sp³-hybridized carbons (Fsp3) is 0.444. The largest absolute Gasteiger partial charge is 0.444 e. The minimum Gasteiger partial charge on any atom is -0.444 e. The summed E-state index contributed by atoms with van der Waals surface area (Å²) in [5.41, 5.74) is -0.244. The van der Waals surface area contributed by atoms with Crippen LogP contribution in [0.3, 0.4) is 0 Å². The van der Waals surface area contributed by atoms with Crippen molar-refractivity contribution in [3.05, 3.63) is 30.3 Å². The topological polar surface area (TPSA) is 106 Å². The van der Waals surface area contributed by atoms with Crippen molar-refractivity contribution >= 4 is 17.8 Å². The summed E-state index contributed by atoms with van der Waals surface area (Å²) in [5.74, 6) is 0.211. The van der Waals surface area contributed by atoms with Crippen molar-refractivity contribution in [2.75, 3.05) is 5.32 Å². The van der Waals surface area contributed by atoms with Crippen LogP contribution in [0.4, 0.5) is 10.6 Å². The minimum absolute atomic E-state index is 0.174. The Morgan fingerprint density at radius 1 is 1.15 bits per heavy atom. The Labute approximate surface area is 152 Å². The molecule has 0 aliphatic rings. The van der Waals surface area contributed by atoms with Crippen molar-refractivity contribution in [1.29, 1.82) is 0 Å². The number of aromatic nitrogens is 2. The molecule has 2 aromatic heterocycles. The number of ether oxygens (including phenoxy) is 1. The van der Waals surface area contributed by atoms with E-state index in [4.69, 9.17) is 9.15 Å². The third-order valence-electron chi connectivity index (χ3n) is 2.86. The molecule has 2 rings (SSSR count). The fourth-order valence-corrected chi connectivity index (χ4v) is 1.96. The monoisotopic (exact) mass is 360 g/mol. The Morgan fingerprint density at radius 2 is 1.85 bits per heavy atom. The molecule has 2 heterocycles. The zero-order chi connectivity index (χ0) is 19.5. The van der Waals surface area contributed by atoms with Gasteiger partial charge in [0, 0.05) is 17.3 Å². The second-order valence-corrected chi connectivity index (χ2v) is 7.80. The SMILES string of the molecule is CC(C)(C)NC(=O)c1coc(-c2ccnc(NC(=O)OC(C)(C)C)c2)n1. The molecule has 0 spiro atoms. The van der Waals surface area contributed by atoms with Crippen molar-refractivity contribution in [3.63, 3.8) is 0 Å². The number of nitrogens with one attached hydrogen (secondary N) is 2. The number of hydrogen-bond acceptors (Lipinski definition) is 6. The summed E-state index contributed by atoms with van der Waals surface area (Å²) in [6.45, 7) is 10.9. The van der Waals surface area contributed by atoms with E-state index >= 15 is 0 Å². The Bertz CT molecular complexity index is 800. The molecule has 0 fully saturated rings. The Balaban J connectivity index is 2.13. The minimum atomic E-state index is -0.612. The molecule has 0 aliphatic carbocycles. The number of anilines is 1. The summed E-state index contributed by atoms with van der Waals surface area (Å²) in [6.07, 6.45) is 2.18. The van der Waals surface area contributed by atoms with Crippen LogP contribution in [0.1, 0.15) is 52.0 Å². The van der Waals surface area contributed by atoms with Gasteiger partial charge in [-0.2, -0.15) is 0 Å². The first-order valence-corrected chi connectivity index (χ1v) is 8.17. The second kappa shape index (κ2) is 7.15. The van der Waals surface area contributed by atoms with Crippen molar-refractivity contribution in [2.45, 2.75) is 52.7 Å². The van der Waals surface area contributed by atoms with Crippen LogP contribution in [0, 0.1) is 0 Å². The van der Waals surface area contributed by atoms with Crippen LogP contribution in [0.25, 0.3) is 11.5 Å². The predicted molar refractivity (Wildman–Crippen MR) is 96.8 cm³/mol. The van der Waals surface area contributed by atoms with Gasteiger partial charge < -0.3 is 14.5 Å². The van der Waals surface area contributed by atoms with Crippen LogP contribution in [0.2, 0.25) is 0 Å². The van der Waals surface area contributed by atoms with Gasteiger partial charge in [0.05, 0.1) is 0 Å². The molecule has 140 valence electrons. The first kappa shape index (κ1) is 19.4. The summed E-state index contributed by atoms with van der Waals surface area (Å²) >= 11 is 0. The first-order valence-electron chi connectivity index (χ1n) is 8.17. The maximum absolute atomic E-state index is 12.1. The molecule has 0 atom stereocenters. The van der Waals surface area contributed by atoms with Crippen LogP contribution in [0.5, 0.6) is 0 Å².